The highest BCUT2D eigenvalue weighted by molar-refractivity contribution is 5.84. The summed E-state index contributed by atoms with van der Waals surface area (Å²) in [6, 6.07) is 13.6. The summed E-state index contributed by atoms with van der Waals surface area (Å²) in [6.45, 7) is -0.788. The van der Waals surface area contributed by atoms with E-state index in [0.717, 1.165) is 11.3 Å². The van der Waals surface area contributed by atoms with Gasteiger partial charge in [-0.2, -0.15) is 13.9 Å². The molecule has 7 heteroatoms. The summed E-state index contributed by atoms with van der Waals surface area (Å²) in [4.78, 5) is 11.7. The molecule has 0 fully saturated rings. The van der Waals surface area contributed by atoms with Gasteiger partial charge in [0.2, 0.25) is 0 Å². The van der Waals surface area contributed by atoms with Crippen LogP contribution in [0.25, 0.3) is 0 Å². The van der Waals surface area contributed by atoms with E-state index in [9.17, 15) is 13.6 Å². The number of carbonyl (C=O) groups excluding carboxylic acids is 1. The fraction of sp³-hybridized carbons (Fsp3) is 0.176. The van der Waals surface area contributed by atoms with Crippen LogP contribution in [0, 0.1) is 6.92 Å². The predicted molar refractivity (Wildman–Crippen MR) is 88.5 cm³/mol. The molecule has 0 heterocycles. The number of aryl methyl sites for hydroxylation is 1. The average Bonchev–Trinajstić information content (AvgIpc) is 2.55. The van der Waals surface area contributed by atoms with Crippen molar-refractivity contribution in [1.82, 2.24) is 5.43 Å². The number of hydrazone groups is 1. The molecule has 0 saturated heterocycles. The molecule has 1 amide bonds. The number of alkyl halides is 2. The Balaban J connectivity index is 1.76. The Morgan fingerprint density at radius 3 is 2.46 bits per heavy atom. The zero-order valence-electron chi connectivity index (χ0n) is 13.0. The molecule has 2 rings (SSSR count). The van der Waals surface area contributed by atoms with Gasteiger partial charge in [0, 0.05) is 5.69 Å². The molecule has 0 aromatic heterocycles. The highest BCUT2D eigenvalue weighted by atomic mass is 19.3. The van der Waals surface area contributed by atoms with Gasteiger partial charge in [-0.05, 0) is 48.9 Å². The van der Waals surface area contributed by atoms with Crippen molar-refractivity contribution in [2.75, 3.05) is 11.9 Å². The maximum atomic E-state index is 12.0. The molecule has 24 heavy (non-hydrogen) atoms. The van der Waals surface area contributed by atoms with Crippen molar-refractivity contribution in [3.63, 3.8) is 0 Å². The van der Waals surface area contributed by atoms with Crippen molar-refractivity contribution in [2.45, 2.75) is 13.5 Å². The third-order valence-corrected chi connectivity index (χ3v) is 3.01. The number of hydrogen-bond acceptors (Lipinski definition) is 4. The number of ether oxygens (including phenoxy) is 1. The first-order valence-electron chi connectivity index (χ1n) is 7.20. The Kier molecular flexibility index (Phi) is 6.24. The first kappa shape index (κ1) is 17.4. The predicted octanol–water partition coefficient (Wildman–Crippen LogP) is 3.16. The molecule has 0 unspecified atom stereocenters. The quantitative estimate of drug-likeness (QED) is 0.604. The summed E-state index contributed by atoms with van der Waals surface area (Å²) in [7, 11) is 0. The Hall–Kier alpha value is -2.96. The second kappa shape index (κ2) is 8.61. The van der Waals surface area contributed by atoms with Gasteiger partial charge in [0.15, 0.2) is 0 Å². The van der Waals surface area contributed by atoms with E-state index in [1.807, 2.05) is 31.2 Å². The van der Waals surface area contributed by atoms with Crippen molar-refractivity contribution in [3.8, 4) is 5.75 Å². The van der Waals surface area contributed by atoms with Gasteiger partial charge in [-0.15, -0.1) is 0 Å². The molecule has 0 atom stereocenters. The van der Waals surface area contributed by atoms with E-state index >= 15 is 0 Å². The van der Waals surface area contributed by atoms with E-state index in [1.165, 1.54) is 18.3 Å². The zero-order valence-corrected chi connectivity index (χ0v) is 13.0. The fourth-order valence-corrected chi connectivity index (χ4v) is 1.81. The minimum Gasteiger partial charge on any atom is -0.435 e. The van der Waals surface area contributed by atoms with Crippen LogP contribution in [0.2, 0.25) is 0 Å². The minimum absolute atomic E-state index is 0.0634. The number of benzene rings is 2. The van der Waals surface area contributed by atoms with Crippen molar-refractivity contribution < 1.29 is 18.3 Å². The zero-order chi connectivity index (χ0) is 17.4. The largest absolute Gasteiger partial charge is 0.435 e. The second-order valence-electron chi connectivity index (χ2n) is 4.96. The van der Waals surface area contributed by atoms with Gasteiger partial charge in [0.1, 0.15) is 5.75 Å². The summed E-state index contributed by atoms with van der Waals surface area (Å²) in [5, 5.41) is 6.78. The molecule has 2 aromatic rings. The van der Waals surface area contributed by atoms with E-state index in [2.05, 4.69) is 20.6 Å². The maximum absolute atomic E-state index is 12.0. The minimum atomic E-state index is -2.86. The van der Waals surface area contributed by atoms with Crippen LogP contribution in [0.4, 0.5) is 14.5 Å². The fourth-order valence-electron chi connectivity index (χ4n) is 1.81. The molecule has 0 bridgehead atoms. The third-order valence-electron chi connectivity index (χ3n) is 3.01. The second-order valence-corrected chi connectivity index (χ2v) is 4.96. The number of carbonyl (C=O) groups is 1. The Labute approximate surface area is 138 Å². The molecule has 2 aromatic carbocycles. The lowest BCUT2D eigenvalue weighted by molar-refractivity contribution is -0.119. The summed E-state index contributed by atoms with van der Waals surface area (Å²) in [5.74, 6) is -0.238. The van der Waals surface area contributed by atoms with Gasteiger partial charge >= 0.3 is 6.61 Å². The SMILES string of the molecule is Cc1ccc(NCC(=O)N/N=C\c2ccc(OC(F)F)cc2)cc1. The van der Waals surface area contributed by atoms with Crippen molar-refractivity contribution in [2.24, 2.45) is 5.10 Å². The van der Waals surface area contributed by atoms with Crippen LogP contribution in [0.5, 0.6) is 5.75 Å². The molecular formula is C17H17F2N3O2. The normalized spacial score (nSPS) is 10.8. The van der Waals surface area contributed by atoms with Gasteiger partial charge in [0.05, 0.1) is 12.8 Å². The molecule has 0 spiro atoms. The molecule has 126 valence electrons. The van der Waals surface area contributed by atoms with E-state index in [-0.39, 0.29) is 18.2 Å². The van der Waals surface area contributed by atoms with Gasteiger partial charge in [-0.25, -0.2) is 5.43 Å². The van der Waals surface area contributed by atoms with Crippen LogP contribution in [-0.2, 0) is 4.79 Å². The molecule has 5 nitrogen and oxygen atoms in total. The van der Waals surface area contributed by atoms with Crippen LogP contribution in [0.15, 0.2) is 53.6 Å². The number of nitrogens with one attached hydrogen (secondary N) is 2. The Bertz CT molecular complexity index is 686. The van der Waals surface area contributed by atoms with Crippen LogP contribution in [0.1, 0.15) is 11.1 Å². The van der Waals surface area contributed by atoms with Crippen LogP contribution < -0.4 is 15.5 Å². The van der Waals surface area contributed by atoms with Gasteiger partial charge < -0.3 is 10.1 Å². The summed E-state index contributed by atoms with van der Waals surface area (Å²) in [5.41, 5.74) is 5.00. The van der Waals surface area contributed by atoms with E-state index < -0.39 is 6.61 Å². The first-order valence-corrected chi connectivity index (χ1v) is 7.20. The number of amides is 1. The molecule has 0 saturated carbocycles. The molecule has 0 aliphatic carbocycles. The highest BCUT2D eigenvalue weighted by Gasteiger charge is 2.03. The van der Waals surface area contributed by atoms with E-state index in [4.69, 9.17) is 0 Å². The number of halogens is 2. The van der Waals surface area contributed by atoms with Gasteiger partial charge in [0.25, 0.3) is 5.91 Å². The van der Waals surface area contributed by atoms with E-state index in [1.54, 1.807) is 12.1 Å². The van der Waals surface area contributed by atoms with Crippen molar-refractivity contribution >= 4 is 17.8 Å². The molecule has 0 aliphatic rings. The standard InChI is InChI=1S/C17H17F2N3O2/c1-12-2-6-14(7-3-12)20-11-16(23)22-21-10-13-4-8-15(9-5-13)24-17(18)19/h2-10,17,20H,11H2,1H3,(H,22,23)/b21-10-. The number of hydrogen-bond donors (Lipinski definition) is 2. The lowest BCUT2D eigenvalue weighted by Gasteiger charge is -2.05. The average molecular weight is 333 g/mol. The number of nitrogens with zero attached hydrogens (tertiary/aromatic N) is 1. The topological polar surface area (TPSA) is 62.7 Å². The van der Waals surface area contributed by atoms with Crippen molar-refractivity contribution in [3.05, 3.63) is 59.7 Å². The highest BCUT2D eigenvalue weighted by Crippen LogP contribution is 2.13. The summed E-state index contributed by atoms with van der Waals surface area (Å²) >= 11 is 0. The van der Waals surface area contributed by atoms with Gasteiger partial charge in [-0.1, -0.05) is 17.7 Å². The molecule has 2 N–H and O–H groups in total. The lowest BCUT2D eigenvalue weighted by Crippen LogP contribution is -2.25. The number of rotatable bonds is 7. The molecule has 0 aliphatic heterocycles. The maximum Gasteiger partial charge on any atom is 0.387 e. The lowest BCUT2D eigenvalue weighted by atomic mass is 10.2. The Morgan fingerprint density at radius 2 is 1.83 bits per heavy atom. The van der Waals surface area contributed by atoms with E-state index in [0.29, 0.717) is 5.56 Å². The van der Waals surface area contributed by atoms with Crippen LogP contribution in [-0.4, -0.2) is 25.3 Å². The Morgan fingerprint density at radius 1 is 1.17 bits per heavy atom. The van der Waals surface area contributed by atoms with Crippen LogP contribution >= 0.6 is 0 Å². The first-order chi connectivity index (χ1) is 11.5. The number of anilines is 1. The third kappa shape index (κ3) is 6.04. The molecule has 0 radical (unpaired) electrons. The summed E-state index contributed by atoms with van der Waals surface area (Å²) < 4.78 is 28.3. The molecular weight excluding hydrogens is 316 g/mol. The van der Waals surface area contributed by atoms with Gasteiger partial charge in [-0.3, -0.25) is 4.79 Å². The smallest absolute Gasteiger partial charge is 0.387 e. The van der Waals surface area contributed by atoms with Crippen molar-refractivity contribution in [1.29, 1.82) is 0 Å². The monoisotopic (exact) mass is 333 g/mol. The van der Waals surface area contributed by atoms with Crippen LogP contribution in [0.3, 0.4) is 0 Å². The summed E-state index contributed by atoms with van der Waals surface area (Å²) in [6.07, 6.45) is 1.41.